The van der Waals surface area contributed by atoms with Crippen molar-refractivity contribution in [3.8, 4) is 0 Å². The Bertz CT molecular complexity index is 501. The highest BCUT2D eigenvalue weighted by molar-refractivity contribution is 5.99. The molecule has 0 amide bonds. The van der Waals surface area contributed by atoms with Crippen molar-refractivity contribution in [2.75, 3.05) is 0 Å². The Kier molecular flexibility index (Phi) is 2.86. The lowest BCUT2D eigenvalue weighted by Crippen LogP contribution is -2.21. The fourth-order valence-corrected chi connectivity index (χ4v) is 2.26. The van der Waals surface area contributed by atoms with Crippen LogP contribution in [0.3, 0.4) is 0 Å². The molecule has 17 heavy (non-hydrogen) atoms. The van der Waals surface area contributed by atoms with E-state index in [-0.39, 0.29) is 16.8 Å². The molecule has 0 fully saturated rings. The summed E-state index contributed by atoms with van der Waals surface area (Å²) in [5, 5.41) is 0. The molecular formula is C14H14F2O. The van der Waals surface area contributed by atoms with Crippen LogP contribution in [0, 0.1) is 17.0 Å². The van der Waals surface area contributed by atoms with Crippen molar-refractivity contribution in [1.29, 1.82) is 0 Å². The van der Waals surface area contributed by atoms with E-state index in [0.717, 1.165) is 18.2 Å². The van der Waals surface area contributed by atoms with Crippen LogP contribution in [0.2, 0.25) is 0 Å². The van der Waals surface area contributed by atoms with Gasteiger partial charge in [-0.05, 0) is 41.7 Å². The van der Waals surface area contributed by atoms with Crippen LogP contribution in [-0.4, -0.2) is 5.78 Å². The summed E-state index contributed by atoms with van der Waals surface area (Å²) in [6.07, 6.45) is 2.47. The van der Waals surface area contributed by atoms with Crippen molar-refractivity contribution in [2.45, 2.75) is 26.7 Å². The van der Waals surface area contributed by atoms with Gasteiger partial charge in [0.15, 0.2) is 5.78 Å². The van der Waals surface area contributed by atoms with Crippen LogP contribution in [0.4, 0.5) is 8.78 Å². The van der Waals surface area contributed by atoms with Gasteiger partial charge in [-0.25, -0.2) is 8.78 Å². The molecule has 0 saturated carbocycles. The first kappa shape index (κ1) is 12.0. The number of hydrogen-bond acceptors (Lipinski definition) is 1. The third-order valence-electron chi connectivity index (χ3n) is 2.93. The van der Waals surface area contributed by atoms with E-state index < -0.39 is 11.6 Å². The Morgan fingerprint density at radius 1 is 1.18 bits per heavy atom. The van der Waals surface area contributed by atoms with E-state index in [1.165, 1.54) is 6.08 Å². The van der Waals surface area contributed by atoms with Crippen molar-refractivity contribution in [3.63, 3.8) is 0 Å². The zero-order valence-corrected chi connectivity index (χ0v) is 9.89. The van der Waals surface area contributed by atoms with E-state index in [9.17, 15) is 13.6 Å². The van der Waals surface area contributed by atoms with Crippen molar-refractivity contribution in [3.05, 3.63) is 41.5 Å². The molecular weight excluding hydrogens is 222 g/mol. The first-order chi connectivity index (χ1) is 7.87. The number of carbonyl (C=O) groups is 1. The third-order valence-corrected chi connectivity index (χ3v) is 2.93. The fraction of sp³-hybridized carbons (Fsp3) is 0.357. The van der Waals surface area contributed by atoms with Crippen LogP contribution in [0.25, 0.3) is 5.57 Å². The maximum atomic E-state index is 13.6. The molecule has 1 aromatic rings. The van der Waals surface area contributed by atoms with Crippen molar-refractivity contribution >= 4 is 11.4 Å². The molecule has 0 atom stereocenters. The monoisotopic (exact) mass is 236 g/mol. The quantitative estimate of drug-likeness (QED) is 0.726. The average Bonchev–Trinajstić information content (AvgIpc) is 2.18. The first-order valence-electron chi connectivity index (χ1n) is 5.56. The normalized spacial score (nSPS) is 19.1. The number of carbonyl (C=O) groups excluding carboxylic acids is 1. The Morgan fingerprint density at radius 2 is 1.88 bits per heavy atom. The van der Waals surface area contributed by atoms with E-state index in [2.05, 4.69) is 0 Å². The Hall–Kier alpha value is -1.51. The number of rotatable bonds is 1. The number of hydrogen-bond donors (Lipinski definition) is 0. The summed E-state index contributed by atoms with van der Waals surface area (Å²) < 4.78 is 26.7. The van der Waals surface area contributed by atoms with Gasteiger partial charge in [0.1, 0.15) is 11.6 Å². The molecule has 3 heteroatoms. The van der Waals surface area contributed by atoms with Crippen molar-refractivity contribution in [2.24, 2.45) is 5.41 Å². The Labute approximate surface area is 99.1 Å². The van der Waals surface area contributed by atoms with E-state index in [4.69, 9.17) is 0 Å². The van der Waals surface area contributed by atoms with Gasteiger partial charge in [-0.3, -0.25) is 4.79 Å². The fourth-order valence-electron chi connectivity index (χ4n) is 2.26. The van der Waals surface area contributed by atoms with Crippen molar-refractivity contribution < 1.29 is 13.6 Å². The molecule has 0 spiro atoms. The van der Waals surface area contributed by atoms with Gasteiger partial charge in [0, 0.05) is 12.0 Å². The molecule has 0 N–H and O–H groups in total. The van der Waals surface area contributed by atoms with Gasteiger partial charge in [-0.1, -0.05) is 13.8 Å². The van der Waals surface area contributed by atoms with Crippen LogP contribution in [0.15, 0.2) is 24.3 Å². The zero-order valence-electron chi connectivity index (χ0n) is 9.89. The van der Waals surface area contributed by atoms with Crippen LogP contribution in [0.1, 0.15) is 32.3 Å². The lowest BCUT2D eigenvalue weighted by atomic mass is 9.75. The first-order valence-corrected chi connectivity index (χ1v) is 5.56. The van der Waals surface area contributed by atoms with Gasteiger partial charge in [-0.2, -0.15) is 0 Å². The molecule has 0 aliphatic heterocycles. The van der Waals surface area contributed by atoms with E-state index in [0.29, 0.717) is 18.4 Å². The maximum Gasteiger partial charge on any atom is 0.156 e. The predicted molar refractivity (Wildman–Crippen MR) is 62.4 cm³/mol. The second-order valence-electron chi connectivity index (χ2n) is 5.28. The van der Waals surface area contributed by atoms with E-state index in [1.54, 1.807) is 0 Å². The largest absolute Gasteiger partial charge is 0.295 e. The molecule has 0 radical (unpaired) electrons. The van der Waals surface area contributed by atoms with Gasteiger partial charge in [0.25, 0.3) is 0 Å². The van der Waals surface area contributed by atoms with E-state index >= 15 is 0 Å². The second-order valence-corrected chi connectivity index (χ2v) is 5.28. The van der Waals surface area contributed by atoms with Gasteiger partial charge in [0.2, 0.25) is 0 Å². The number of ketones is 1. The third kappa shape index (κ3) is 2.60. The summed E-state index contributed by atoms with van der Waals surface area (Å²) in [5.74, 6) is -0.999. The summed E-state index contributed by atoms with van der Waals surface area (Å²) >= 11 is 0. The molecule has 0 saturated heterocycles. The topological polar surface area (TPSA) is 17.1 Å². The standard InChI is InChI=1S/C14H14F2O/c1-14(2)7-9(5-11(17)8-14)12-6-10(15)3-4-13(12)16/h3-6H,7-8H2,1-2H3. The molecule has 1 aromatic carbocycles. The van der Waals surface area contributed by atoms with Gasteiger partial charge in [-0.15, -0.1) is 0 Å². The molecule has 2 rings (SSSR count). The van der Waals surface area contributed by atoms with E-state index in [1.807, 2.05) is 13.8 Å². The number of halogens is 2. The zero-order chi connectivity index (χ0) is 12.6. The Balaban J connectivity index is 2.46. The van der Waals surface area contributed by atoms with Crippen LogP contribution in [-0.2, 0) is 4.79 Å². The average molecular weight is 236 g/mol. The number of benzene rings is 1. The molecule has 0 unspecified atom stereocenters. The highest BCUT2D eigenvalue weighted by Gasteiger charge is 2.28. The minimum absolute atomic E-state index is 0.0279. The molecule has 1 nitrogen and oxygen atoms in total. The summed E-state index contributed by atoms with van der Waals surface area (Å²) in [7, 11) is 0. The lowest BCUT2D eigenvalue weighted by Gasteiger charge is -2.29. The molecule has 1 aliphatic carbocycles. The van der Waals surface area contributed by atoms with Crippen LogP contribution in [0.5, 0.6) is 0 Å². The lowest BCUT2D eigenvalue weighted by molar-refractivity contribution is -0.116. The predicted octanol–water partition coefficient (Wildman–Crippen LogP) is 3.74. The van der Waals surface area contributed by atoms with Crippen LogP contribution >= 0.6 is 0 Å². The van der Waals surface area contributed by atoms with Crippen molar-refractivity contribution in [1.82, 2.24) is 0 Å². The second kappa shape index (κ2) is 4.06. The molecule has 0 aromatic heterocycles. The highest BCUT2D eigenvalue weighted by Crippen LogP contribution is 2.38. The SMILES string of the molecule is CC1(C)CC(=O)C=C(c2cc(F)ccc2F)C1. The molecule has 1 aliphatic rings. The van der Waals surface area contributed by atoms with Gasteiger partial charge < -0.3 is 0 Å². The minimum Gasteiger partial charge on any atom is -0.295 e. The number of allylic oxidation sites excluding steroid dienone is 2. The smallest absolute Gasteiger partial charge is 0.156 e. The van der Waals surface area contributed by atoms with Gasteiger partial charge in [0.05, 0.1) is 0 Å². The maximum absolute atomic E-state index is 13.6. The summed E-state index contributed by atoms with van der Waals surface area (Å²) in [6, 6.07) is 3.32. The van der Waals surface area contributed by atoms with Gasteiger partial charge >= 0.3 is 0 Å². The van der Waals surface area contributed by atoms with Crippen LogP contribution < -0.4 is 0 Å². The molecule has 90 valence electrons. The minimum atomic E-state index is -0.488. The summed E-state index contributed by atoms with van der Waals surface area (Å²) in [4.78, 5) is 11.6. The Morgan fingerprint density at radius 3 is 2.53 bits per heavy atom. The summed E-state index contributed by atoms with van der Waals surface area (Å²) in [5.41, 5.74) is 0.592. The highest BCUT2D eigenvalue weighted by atomic mass is 19.1. The molecule has 0 bridgehead atoms. The molecule has 0 heterocycles. The summed E-state index contributed by atoms with van der Waals surface area (Å²) in [6.45, 7) is 3.91.